The number of rotatable bonds is 7. The summed E-state index contributed by atoms with van der Waals surface area (Å²) in [5.74, 6) is -0.0221. The van der Waals surface area contributed by atoms with Gasteiger partial charge in [0.25, 0.3) is 0 Å². The van der Waals surface area contributed by atoms with Gasteiger partial charge in [-0.25, -0.2) is 0 Å². The Labute approximate surface area is 131 Å². The van der Waals surface area contributed by atoms with Crippen LogP contribution >= 0.6 is 0 Å². The van der Waals surface area contributed by atoms with Crippen molar-refractivity contribution in [2.75, 3.05) is 13.6 Å². The Hall–Kier alpha value is -2.17. The SMILES string of the molecule is CN(CC(=O)NCc1ccccc1CO)Cc1ccccc1. The summed E-state index contributed by atoms with van der Waals surface area (Å²) in [6, 6.07) is 17.6. The molecule has 116 valence electrons. The number of carbonyl (C=O) groups excluding carboxylic acids is 1. The highest BCUT2D eigenvalue weighted by molar-refractivity contribution is 5.78. The lowest BCUT2D eigenvalue weighted by Gasteiger charge is -2.16. The summed E-state index contributed by atoms with van der Waals surface area (Å²) in [5.41, 5.74) is 2.98. The maximum absolute atomic E-state index is 12.0. The fourth-order valence-corrected chi connectivity index (χ4v) is 2.33. The number of hydrogen-bond acceptors (Lipinski definition) is 3. The first kappa shape index (κ1) is 16.2. The molecule has 0 spiro atoms. The van der Waals surface area contributed by atoms with Crippen LogP contribution in [0.1, 0.15) is 16.7 Å². The minimum Gasteiger partial charge on any atom is -0.392 e. The third-order valence-electron chi connectivity index (χ3n) is 3.47. The van der Waals surface area contributed by atoms with E-state index < -0.39 is 0 Å². The third kappa shape index (κ3) is 4.98. The fourth-order valence-electron chi connectivity index (χ4n) is 2.33. The van der Waals surface area contributed by atoms with Gasteiger partial charge in [0.1, 0.15) is 0 Å². The average molecular weight is 298 g/mol. The summed E-state index contributed by atoms with van der Waals surface area (Å²) in [6.07, 6.45) is 0. The van der Waals surface area contributed by atoms with Crippen molar-refractivity contribution in [1.82, 2.24) is 10.2 Å². The number of hydrogen-bond donors (Lipinski definition) is 2. The Morgan fingerprint density at radius 3 is 2.36 bits per heavy atom. The number of aliphatic hydroxyl groups is 1. The van der Waals surface area contributed by atoms with E-state index in [0.29, 0.717) is 13.1 Å². The highest BCUT2D eigenvalue weighted by Crippen LogP contribution is 2.08. The minimum absolute atomic E-state index is 0.0139. The van der Waals surface area contributed by atoms with Crippen LogP contribution in [0.15, 0.2) is 54.6 Å². The number of benzene rings is 2. The first-order valence-electron chi connectivity index (χ1n) is 7.36. The van der Waals surface area contributed by atoms with E-state index in [-0.39, 0.29) is 12.5 Å². The Balaban J connectivity index is 1.80. The fraction of sp³-hybridized carbons (Fsp3) is 0.278. The number of nitrogens with zero attached hydrogens (tertiary/aromatic N) is 1. The first-order chi connectivity index (χ1) is 10.7. The number of nitrogens with one attached hydrogen (secondary N) is 1. The van der Waals surface area contributed by atoms with Gasteiger partial charge in [-0.15, -0.1) is 0 Å². The van der Waals surface area contributed by atoms with Crippen molar-refractivity contribution in [2.45, 2.75) is 19.7 Å². The van der Waals surface area contributed by atoms with Gasteiger partial charge >= 0.3 is 0 Å². The van der Waals surface area contributed by atoms with Crippen LogP contribution in [0.4, 0.5) is 0 Å². The zero-order valence-corrected chi connectivity index (χ0v) is 12.8. The largest absolute Gasteiger partial charge is 0.392 e. The van der Waals surface area contributed by atoms with Gasteiger partial charge in [-0.2, -0.15) is 0 Å². The molecule has 0 atom stereocenters. The maximum atomic E-state index is 12.0. The van der Waals surface area contributed by atoms with Crippen LogP contribution < -0.4 is 5.32 Å². The Bertz CT molecular complexity index is 599. The molecule has 2 aromatic rings. The molecule has 0 saturated carbocycles. The number of aliphatic hydroxyl groups excluding tert-OH is 1. The van der Waals surface area contributed by atoms with Crippen molar-refractivity contribution in [2.24, 2.45) is 0 Å². The van der Waals surface area contributed by atoms with E-state index in [4.69, 9.17) is 0 Å². The van der Waals surface area contributed by atoms with Crippen molar-refractivity contribution < 1.29 is 9.90 Å². The smallest absolute Gasteiger partial charge is 0.234 e. The molecule has 2 aromatic carbocycles. The summed E-state index contributed by atoms with van der Waals surface area (Å²) in [7, 11) is 1.92. The van der Waals surface area contributed by atoms with Gasteiger partial charge in [0.2, 0.25) is 5.91 Å². The van der Waals surface area contributed by atoms with Crippen LogP contribution in [-0.2, 0) is 24.5 Å². The molecule has 22 heavy (non-hydrogen) atoms. The molecule has 4 nitrogen and oxygen atoms in total. The molecule has 0 aliphatic carbocycles. The molecular formula is C18H22N2O2. The van der Waals surface area contributed by atoms with Crippen LogP contribution in [0.5, 0.6) is 0 Å². The predicted molar refractivity (Wildman–Crippen MR) is 87.0 cm³/mol. The van der Waals surface area contributed by atoms with E-state index >= 15 is 0 Å². The van der Waals surface area contributed by atoms with Gasteiger partial charge in [0.15, 0.2) is 0 Å². The maximum Gasteiger partial charge on any atom is 0.234 e. The lowest BCUT2D eigenvalue weighted by Crippen LogP contribution is -2.34. The topological polar surface area (TPSA) is 52.6 Å². The molecule has 0 heterocycles. The quantitative estimate of drug-likeness (QED) is 0.821. The third-order valence-corrected chi connectivity index (χ3v) is 3.47. The second-order valence-electron chi connectivity index (χ2n) is 5.36. The van der Waals surface area contributed by atoms with E-state index in [0.717, 1.165) is 17.7 Å². The molecule has 4 heteroatoms. The monoisotopic (exact) mass is 298 g/mol. The predicted octanol–water partition coefficient (Wildman–Crippen LogP) is 1.93. The zero-order valence-electron chi connectivity index (χ0n) is 12.8. The Kier molecular flexibility index (Phi) is 6.13. The Morgan fingerprint density at radius 1 is 1.05 bits per heavy atom. The summed E-state index contributed by atoms with van der Waals surface area (Å²) in [6.45, 7) is 1.51. The van der Waals surface area contributed by atoms with Crippen LogP contribution in [-0.4, -0.2) is 29.5 Å². The lowest BCUT2D eigenvalue weighted by atomic mass is 10.1. The molecule has 0 aromatic heterocycles. The van der Waals surface area contributed by atoms with Gasteiger partial charge in [-0.05, 0) is 23.7 Å². The Morgan fingerprint density at radius 2 is 1.68 bits per heavy atom. The number of carbonyl (C=O) groups is 1. The standard InChI is InChI=1S/C18H22N2O2/c1-20(12-15-7-3-2-4-8-15)13-18(22)19-11-16-9-5-6-10-17(16)14-21/h2-10,21H,11-14H2,1H3,(H,19,22). The van der Waals surface area contributed by atoms with Crippen LogP contribution in [0.3, 0.4) is 0 Å². The second-order valence-corrected chi connectivity index (χ2v) is 5.36. The van der Waals surface area contributed by atoms with Crippen LogP contribution in [0.25, 0.3) is 0 Å². The van der Waals surface area contributed by atoms with E-state index in [2.05, 4.69) is 5.32 Å². The number of likely N-dealkylation sites (N-methyl/N-ethyl adjacent to an activating group) is 1. The number of amides is 1. The van der Waals surface area contributed by atoms with E-state index in [1.165, 1.54) is 5.56 Å². The van der Waals surface area contributed by atoms with Crippen molar-refractivity contribution in [3.05, 3.63) is 71.3 Å². The molecule has 1 amide bonds. The lowest BCUT2D eigenvalue weighted by molar-refractivity contribution is -0.122. The van der Waals surface area contributed by atoms with Crippen molar-refractivity contribution in [1.29, 1.82) is 0 Å². The molecular weight excluding hydrogens is 276 g/mol. The summed E-state index contributed by atoms with van der Waals surface area (Å²) < 4.78 is 0. The summed E-state index contributed by atoms with van der Waals surface area (Å²) >= 11 is 0. The van der Waals surface area contributed by atoms with E-state index in [1.54, 1.807) is 0 Å². The van der Waals surface area contributed by atoms with E-state index in [1.807, 2.05) is 66.5 Å². The minimum atomic E-state index is -0.0221. The molecule has 0 radical (unpaired) electrons. The zero-order chi connectivity index (χ0) is 15.8. The highest BCUT2D eigenvalue weighted by Gasteiger charge is 2.08. The van der Waals surface area contributed by atoms with Crippen LogP contribution in [0.2, 0.25) is 0 Å². The highest BCUT2D eigenvalue weighted by atomic mass is 16.3. The second kappa shape index (κ2) is 8.32. The van der Waals surface area contributed by atoms with Gasteiger partial charge in [0.05, 0.1) is 13.2 Å². The van der Waals surface area contributed by atoms with Gasteiger partial charge in [-0.1, -0.05) is 54.6 Å². The van der Waals surface area contributed by atoms with E-state index in [9.17, 15) is 9.90 Å². The van der Waals surface area contributed by atoms with Gasteiger partial charge in [0, 0.05) is 13.1 Å². The van der Waals surface area contributed by atoms with Crippen molar-refractivity contribution in [3.63, 3.8) is 0 Å². The molecule has 0 unspecified atom stereocenters. The molecule has 0 aliphatic heterocycles. The van der Waals surface area contributed by atoms with Crippen molar-refractivity contribution in [3.8, 4) is 0 Å². The first-order valence-corrected chi connectivity index (χ1v) is 7.36. The molecule has 0 bridgehead atoms. The molecule has 0 aliphatic rings. The molecule has 0 fully saturated rings. The molecule has 2 N–H and O–H groups in total. The van der Waals surface area contributed by atoms with Crippen LogP contribution in [0, 0.1) is 0 Å². The average Bonchev–Trinajstić information content (AvgIpc) is 2.54. The normalized spacial score (nSPS) is 10.7. The molecule has 0 saturated heterocycles. The summed E-state index contributed by atoms with van der Waals surface area (Å²) in [4.78, 5) is 14.0. The molecule has 2 rings (SSSR count). The van der Waals surface area contributed by atoms with Gasteiger partial charge in [-0.3, -0.25) is 9.69 Å². The summed E-state index contributed by atoms with van der Waals surface area (Å²) in [5, 5.41) is 12.2. The van der Waals surface area contributed by atoms with Crippen molar-refractivity contribution >= 4 is 5.91 Å². The van der Waals surface area contributed by atoms with Gasteiger partial charge < -0.3 is 10.4 Å².